The maximum absolute atomic E-state index is 12.9. The van der Waals surface area contributed by atoms with Gasteiger partial charge in [0.15, 0.2) is 0 Å². The molecule has 1 saturated heterocycles. The standard InChI is InChI=1S/C24H29N3O2/c1-3-4-7-18-9-11-19(12-10-18)23(29)27-15-13-24(14-16-27)25-21-17(2)6-5-8-20(21)22(28)26-24/h5-6,8-12,25H,3-4,7,13-16H2,1-2H3,(H,26,28). The summed E-state index contributed by atoms with van der Waals surface area (Å²) in [4.78, 5) is 27.5. The Hall–Kier alpha value is -2.82. The second kappa shape index (κ2) is 7.90. The number of hydrogen-bond acceptors (Lipinski definition) is 3. The highest BCUT2D eigenvalue weighted by Gasteiger charge is 2.41. The number of carbonyl (C=O) groups excluding carboxylic acids is 2. The zero-order valence-corrected chi connectivity index (χ0v) is 17.3. The van der Waals surface area contributed by atoms with Gasteiger partial charge in [-0.15, -0.1) is 0 Å². The summed E-state index contributed by atoms with van der Waals surface area (Å²) < 4.78 is 0. The first-order valence-corrected chi connectivity index (χ1v) is 10.6. The van der Waals surface area contributed by atoms with Crippen LogP contribution in [0.2, 0.25) is 0 Å². The number of hydrogen-bond donors (Lipinski definition) is 2. The van der Waals surface area contributed by atoms with Crippen LogP contribution in [0.15, 0.2) is 42.5 Å². The maximum Gasteiger partial charge on any atom is 0.255 e. The van der Waals surface area contributed by atoms with Crippen molar-refractivity contribution < 1.29 is 9.59 Å². The third-order valence-electron chi connectivity index (χ3n) is 6.16. The summed E-state index contributed by atoms with van der Waals surface area (Å²) in [5.74, 6) is 0.0329. The fourth-order valence-electron chi connectivity index (χ4n) is 4.30. The molecule has 0 aliphatic carbocycles. The number of piperidine rings is 1. The summed E-state index contributed by atoms with van der Waals surface area (Å²) in [7, 11) is 0. The van der Waals surface area contributed by atoms with Crippen molar-refractivity contribution in [2.75, 3.05) is 18.4 Å². The predicted molar refractivity (Wildman–Crippen MR) is 115 cm³/mol. The zero-order valence-electron chi connectivity index (χ0n) is 17.3. The third kappa shape index (κ3) is 3.86. The van der Waals surface area contributed by atoms with Gasteiger partial charge in [-0.2, -0.15) is 0 Å². The minimum absolute atomic E-state index is 0.0371. The van der Waals surface area contributed by atoms with Gasteiger partial charge >= 0.3 is 0 Å². The Balaban J connectivity index is 1.42. The number of nitrogens with zero attached hydrogens (tertiary/aromatic N) is 1. The fourth-order valence-corrected chi connectivity index (χ4v) is 4.30. The van der Waals surface area contributed by atoms with Gasteiger partial charge in [-0.25, -0.2) is 0 Å². The normalized spacial score (nSPS) is 17.4. The topological polar surface area (TPSA) is 61.4 Å². The summed E-state index contributed by atoms with van der Waals surface area (Å²) in [6.07, 6.45) is 4.77. The molecule has 2 amide bonds. The van der Waals surface area contributed by atoms with Gasteiger partial charge in [0.05, 0.1) is 11.3 Å². The number of anilines is 1. The van der Waals surface area contributed by atoms with Crippen molar-refractivity contribution in [1.82, 2.24) is 10.2 Å². The van der Waals surface area contributed by atoms with Crippen molar-refractivity contribution in [3.8, 4) is 0 Å². The van der Waals surface area contributed by atoms with E-state index in [4.69, 9.17) is 0 Å². The van der Waals surface area contributed by atoms with Gasteiger partial charge in [-0.1, -0.05) is 37.6 Å². The van der Waals surface area contributed by atoms with Crippen LogP contribution >= 0.6 is 0 Å². The van der Waals surface area contributed by atoms with Crippen LogP contribution in [0, 0.1) is 6.92 Å². The lowest BCUT2D eigenvalue weighted by Crippen LogP contribution is -2.62. The van der Waals surface area contributed by atoms with Crippen molar-refractivity contribution in [2.45, 2.75) is 51.6 Å². The molecule has 2 heterocycles. The summed E-state index contributed by atoms with van der Waals surface area (Å²) >= 11 is 0. The van der Waals surface area contributed by atoms with Gasteiger partial charge < -0.3 is 15.5 Å². The first-order valence-electron chi connectivity index (χ1n) is 10.6. The molecule has 0 saturated carbocycles. The Morgan fingerprint density at radius 3 is 2.48 bits per heavy atom. The van der Waals surface area contributed by atoms with Crippen LogP contribution in [0.4, 0.5) is 5.69 Å². The molecule has 29 heavy (non-hydrogen) atoms. The van der Waals surface area contributed by atoms with E-state index in [1.54, 1.807) is 0 Å². The van der Waals surface area contributed by atoms with E-state index in [0.29, 0.717) is 31.5 Å². The Morgan fingerprint density at radius 1 is 1.07 bits per heavy atom. The van der Waals surface area contributed by atoms with Crippen molar-refractivity contribution in [3.05, 3.63) is 64.7 Å². The molecule has 152 valence electrons. The second-order valence-corrected chi connectivity index (χ2v) is 8.25. The lowest BCUT2D eigenvalue weighted by atomic mass is 9.91. The SMILES string of the molecule is CCCCc1ccc(C(=O)N2CCC3(CC2)NC(=O)c2cccc(C)c2N3)cc1. The van der Waals surface area contributed by atoms with Crippen LogP contribution in [0.25, 0.3) is 0 Å². The van der Waals surface area contributed by atoms with Crippen molar-refractivity contribution in [3.63, 3.8) is 0 Å². The average Bonchev–Trinajstić information content (AvgIpc) is 2.74. The Kier molecular flexibility index (Phi) is 5.31. The largest absolute Gasteiger partial charge is 0.362 e. The molecule has 0 bridgehead atoms. The highest BCUT2D eigenvalue weighted by molar-refractivity contribution is 6.03. The highest BCUT2D eigenvalue weighted by atomic mass is 16.2. The van der Waals surface area contributed by atoms with E-state index in [0.717, 1.165) is 23.2 Å². The van der Waals surface area contributed by atoms with Crippen LogP contribution in [0.1, 0.15) is 64.4 Å². The molecule has 0 radical (unpaired) electrons. The van der Waals surface area contributed by atoms with Gasteiger partial charge in [0, 0.05) is 31.5 Å². The molecule has 0 atom stereocenters. The lowest BCUT2D eigenvalue weighted by Gasteiger charge is -2.46. The molecule has 2 aliphatic rings. The third-order valence-corrected chi connectivity index (χ3v) is 6.16. The molecule has 2 N–H and O–H groups in total. The van der Waals surface area contributed by atoms with Crippen molar-refractivity contribution >= 4 is 17.5 Å². The number of likely N-dealkylation sites (tertiary alicyclic amines) is 1. The summed E-state index contributed by atoms with van der Waals surface area (Å²) in [6.45, 7) is 5.43. The predicted octanol–water partition coefficient (Wildman–Crippen LogP) is 4.13. The van der Waals surface area contributed by atoms with Crippen LogP contribution in [0.3, 0.4) is 0 Å². The van der Waals surface area contributed by atoms with Gasteiger partial charge in [-0.05, 0) is 49.1 Å². The number of amides is 2. The van der Waals surface area contributed by atoms with E-state index >= 15 is 0 Å². The van der Waals surface area contributed by atoms with E-state index in [9.17, 15) is 9.59 Å². The molecule has 5 nitrogen and oxygen atoms in total. The summed E-state index contributed by atoms with van der Waals surface area (Å²) in [5.41, 5.74) is 4.22. The lowest BCUT2D eigenvalue weighted by molar-refractivity contribution is 0.0639. The number of nitrogens with one attached hydrogen (secondary N) is 2. The Labute approximate surface area is 172 Å². The van der Waals surface area contributed by atoms with Gasteiger partial charge in [-0.3, -0.25) is 9.59 Å². The van der Waals surface area contributed by atoms with E-state index in [1.807, 2.05) is 42.2 Å². The number of fused-ring (bicyclic) bond motifs is 1. The highest BCUT2D eigenvalue weighted by Crippen LogP contribution is 2.33. The second-order valence-electron chi connectivity index (χ2n) is 8.25. The van der Waals surface area contributed by atoms with Crippen LogP contribution < -0.4 is 10.6 Å². The number of carbonyl (C=O) groups is 2. The molecule has 5 heteroatoms. The van der Waals surface area contributed by atoms with E-state index in [2.05, 4.69) is 29.7 Å². The smallest absolute Gasteiger partial charge is 0.255 e. The quantitative estimate of drug-likeness (QED) is 0.824. The Morgan fingerprint density at radius 2 is 1.79 bits per heavy atom. The van der Waals surface area contributed by atoms with E-state index < -0.39 is 5.66 Å². The van der Waals surface area contributed by atoms with Gasteiger partial charge in [0.2, 0.25) is 0 Å². The molecule has 2 aliphatic heterocycles. The Bertz CT molecular complexity index is 912. The van der Waals surface area contributed by atoms with Crippen molar-refractivity contribution in [1.29, 1.82) is 0 Å². The first-order chi connectivity index (χ1) is 14.0. The molecule has 2 aromatic carbocycles. The molecule has 1 fully saturated rings. The van der Waals surface area contributed by atoms with E-state index in [1.165, 1.54) is 18.4 Å². The number of para-hydroxylation sites is 1. The molecule has 0 aromatic heterocycles. The fraction of sp³-hybridized carbons (Fsp3) is 0.417. The van der Waals surface area contributed by atoms with Crippen LogP contribution in [0.5, 0.6) is 0 Å². The van der Waals surface area contributed by atoms with Gasteiger partial charge in [0.1, 0.15) is 5.66 Å². The van der Waals surface area contributed by atoms with Crippen molar-refractivity contribution in [2.24, 2.45) is 0 Å². The minimum atomic E-state index is -0.475. The van der Waals surface area contributed by atoms with Gasteiger partial charge in [0.25, 0.3) is 11.8 Å². The maximum atomic E-state index is 12.9. The number of benzene rings is 2. The number of rotatable bonds is 4. The molecule has 4 rings (SSSR count). The summed E-state index contributed by atoms with van der Waals surface area (Å²) in [5, 5.41) is 6.72. The first kappa shape index (κ1) is 19.5. The monoisotopic (exact) mass is 391 g/mol. The average molecular weight is 392 g/mol. The minimum Gasteiger partial charge on any atom is -0.362 e. The molecule has 2 aromatic rings. The van der Waals surface area contributed by atoms with E-state index in [-0.39, 0.29) is 11.8 Å². The number of aryl methyl sites for hydroxylation is 2. The molecule has 0 unspecified atom stereocenters. The van der Waals surface area contributed by atoms with Crippen LogP contribution in [-0.4, -0.2) is 35.5 Å². The number of unbranched alkanes of at least 4 members (excludes halogenated alkanes) is 1. The molecular weight excluding hydrogens is 362 g/mol. The molecule has 1 spiro atoms. The molecular formula is C24H29N3O2. The van der Waals surface area contributed by atoms with Crippen LogP contribution in [-0.2, 0) is 6.42 Å². The summed E-state index contributed by atoms with van der Waals surface area (Å²) in [6, 6.07) is 13.8. The zero-order chi connectivity index (χ0) is 20.4.